The topological polar surface area (TPSA) is 150 Å². The van der Waals surface area contributed by atoms with Crippen molar-refractivity contribution in [2.75, 3.05) is 27.4 Å². The molecule has 0 aliphatic rings. The van der Waals surface area contributed by atoms with Crippen molar-refractivity contribution in [3.05, 3.63) is 132 Å². The van der Waals surface area contributed by atoms with Crippen LogP contribution in [0.3, 0.4) is 0 Å². The fourth-order valence-corrected chi connectivity index (χ4v) is 4.68. The molecule has 0 aliphatic carbocycles. The van der Waals surface area contributed by atoms with Gasteiger partial charge in [-0.2, -0.15) is 15.1 Å². The second kappa shape index (κ2) is 22.4. The molecule has 0 heterocycles. The Kier molecular flexibility index (Phi) is 16.7. The van der Waals surface area contributed by atoms with E-state index < -0.39 is 17.9 Å². The molecule has 4 aromatic rings. The Morgan fingerprint density at radius 3 is 1.82 bits per heavy atom. The molecule has 0 atom stereocenters. The van der Waals surface area contributed by atoms with Crippen LogP contribution < -0.4 is 28.6 Å². The van der Waals surface area contributed by atoms with E-state index in [1.54, 1.807) is 91.1 Å². The van der Waals surface area contributed by atoms with Gasteiger partial charge < -0.3 is 33.3 Å². The summed E-state index contributed by atoms with van der Waals surface area (Å²) >= 11 is 0. The van der Waals surface area contributed by atoms with Gasteiger partial charge in [-0.25, -0.2) is 14.4 Å². The molecule has 13 nitrogen and oxygen atoms in total. The van der Waals surface area contributed by atoms with Crippen molar-refractivity contribution in [2.24, 2.45) is 10.2 Å². The minimum Gasteiger partial charge on any atom is -0.494 e. The summed E-state index contributed by atoms with van der Waals surface area (Å²) in [4.78, 5) is 46.0. The summed E-state index contributed by atoms with van der Waals surface area (Å²) in [5, 5.41) is 8.24. The van der Waals surface area contributed by atoms with Gasteiger partial charge in [0.15, 0.2) is 11.5 Å². The van der Waals surface area contributed by atoms with Crippen LogP contribution >= 0.6 is 0 Å². The smallest absolute Gasteiger partial charge is 0.343 e. The third-order valence-corrected chi connectivity index (χ3v) is 7.54. The van der Waals surface area contributed by atoms with Crippen LogP contribution in [-0.4, -0.2) is 57.8 Å². The first-order chi connectivity index (χ1) is 26.8. The van der Waals surface area contributed by atoms with Crippen LogP contribution in [0.15, 0.2) is 120 Å². The maximum Gasteiger partial charge on any atom is 0.343 e. The molecule has 0 unspecified atom stereocenters. The minimum atomic E-state index is -0.547. The monoisotopic (exact) mass is 750 g/mol. The first-order valence-electron chi connectivity index (χ1n) is 17.2. The summed E-state index contributed by atoms with van der Waals surface area (Å²) in [5.41, 5.74) is 2.52. The molecular formula is C42H42N2O11. The van der Waals surface area contributed by atoms with E-state index in [-0.39, 0.29) is 12.4 Å². The van der Waals surface area contributed by atoms with Gasteiger partial charge in [0.1, 0.15) is 23.9 Å². The summed E-state index contributed by atoms with van der Waals surface area (Å²) in [5.74, 6) is 0.882. The molecule has 0 aliphatic heterocycles. The third-order valence-electron chi connectivity index (χ3n) is 7.54. The summed E-state index contributed by atoms with van der Waals surface area (Å²) in [6.07, 6.45) is 8.84. The van der Waals surface area contributed by atoms with Crippen molar-refractivity contribution in [1.29, 1.82) is 0 Å². The number of esters is 3. The van der Waals surface area contributed by atoms with Crippen molar-refractivity contribution in [3.63, 3.8) is 0 Å². The van der Waals surface area contributed by atoms with Gasteiger partial charge in [0, 0.05) is 17.7 Å². The van der Waals surface area contributed by atoms with Crippen LogP contribution in [-0.2, 0) is 25.8 Å². The molecular weight excluding hydrogens is 708 g/mol. The Bertz CT molecular complexity index is 1910. The Morgan fingerprint density at radius 1 is 0.636 bits per heavy atom. The molecule has 55 heavy (non-hydrogen) atoms. The molecule has 0 N–H and O–H groups in total. The lowest BCUT2D eigenvalue weighted by atomic mass is 10.2. The Balaban J connectivity index is 1.21. The standard InChI is InChI=1S/C42H42N2O11/c1-5-39(45)51-24-10-8-7-9-23-50-34-21-15-33(16-22-34)42(47)54-36-17-11-30(12-18-36)27-43-44-28-32-25-37(48-3)41(38(26-32)49-4)55-52-29-31-13-19-35(20-14-31)53-40(46)6-2/h5-6,11-22,25-28H,1-2,7-10,23-24,29H2,3-4H3/b43-27+,44-28+. The highest BCUT2D eigenvalue weighted by atomic mass is 17.2. The highest BCUT2D eigenvalue weighted by Crippen LogP contribution is 2.38. The fourth-order valence-electron chi connectivity index (χ4n) is 4.68. The molecule has 0 saturated carbocycles. The summed E-state index contributed by atoms with van der Waals surface area (Å²) < 4.78 is 32.3. The molecule has 0 bridgehead atoms. The zero-order valence-electron chi connectivity index (χ0n) is 30.6. The number of ether oxygens (including phenoxy) is 6. The van der Waals surface area contributed by atoms with Gasteiger partial charge >= 0.3 is 17.9 Å². The number of unbranched alkanes of at least 4 members (excludes halogenated alkanes) is 3. The average molecular weight is 751 g/mol. The van der Waals surface area contributed by atoms with Crippen molar-refractivity contribution >= 4 is 30.3 Å². The van der Waals surface area contributed by atoms with E-state index in [9.17, 15) is 14.4 Å². The van der Waals surface area contributed by atoms with Gasteiger partial charge in [0.25, 0.3) is 0 Å². The molecule has 0 fully saturated rings. The number of benzene rings is 4. The number of hydrogen-bond donors (Lipinski definition) is 0. The van der Waals surface area contributed by atoms with Crippen LogP contribution in [0.25, 0.3) is 0 Å². The van der Waals surface area contributed by atoms with Gasteiger partial charge in [-0.05, 0) is 110 Å². The van der Waals surface area contributed by atoms with E-state index in [2.05, 4.69) is 23.4 Å². The number of hydrogen-bond acceptors (Lipinski definition) is 13. The molecule has 0 saturated heterocycles. The zero-order valence-corrected chi connectivity index (χ0v) is 30.6. The second-order valence-corrected chi connectivity index (χ2v) is 11.5. The fraction of sp³-hybridized carbons (Fsp3) is 0.214. The highest BCUT2D eigenvalue weighted by molar-refractivity contribution is 5.91. The highest BCUT2D eigenvalue weighted by Gasteiger charge is 2.16. The minimum absolute atomic E-state index is 0.0938. The maximum absolute atomic E-state index is 12.7. The number of carbonyl (C=O) groups is 3. The van der Waals surface area contributed by atoms with Crippen molar-refractivity contribution in [3.8, 4) is 34.5 Å². The first kappa shape index (κ1) is 41.0. The van der Waals surface area contributed by atoms with E-state index in [4.69, 9.17) is 38.2 Å². The maximum atomic E-state index is 12.7. The van der Waals surface area contributed by atoms with E-state index >= 15 is 0 Å². The number of carbonyl (C=O) groups excluding carboxylic acids is 3. The summed E-state index contributed by atoms with van der Waals surface area (Å²) in [7, 11) is 2.97. The van der Waals surface area contributed by atoms with Gasteiger partial charge in [-0.3, -0.25) is 0 Å². The quantitative estimate of drug-likeness (QED) is 0.0148. The Labute approximate surface area is 319 Å². The van der Waals surface area contributed by atoms with Crippen LogP contribution in [0.4, 0.5) is 0 Å². The lowest BCUT2D eigenvalue weighted by Crippen LogP contribution is -2.08. The van der Waals surface area contributed by atoms with E-state index in [1.165, 1.54) is 20.4 Å². The van der Waals surface area contributed by atoms with Crippen molar-refractivity contribution < 1.29 is 52.6 Å². The normalized spacial score (nSPS) is 10.8. The lowest BCUT2D eigenvalue weighted by molar-refractivity contribution is -0.219. The largest absolute Gasteiger partial charge is 0.494 e. The average Bonchev–Trinajstić information content (AvgIpc) is 3.21. The second-order valence-electron chi connectivity index (χ2n) is 11.5. The van der Waals surface area contributed by atoms with E-state index in [0.717, 1.165) is 49.0 Å². The van der Waals surface area contributed by atoms with E-state index in [1.807, 2.05) is 0 Å². The Morgan fingerprint density at radius 2 is 1.20 bits per heavy atom. The van der Waals surface area contributed by atoms with Crippen molar-refractivity contribution in [2.45, 2.75) is 32.3 Å². The Hall–Kier alpha value is -6.73. The molecule has 0 amide bonds. The summed E-state index contributed by atoms with van der Waals surface area (Å²) in [6.45, 7) is 7.76. The summed E-state index contributed by atoms with van der Waals surface area (Å²) in [6, 6.07) is 23.7. The van der Waals surface area contributed by atoms with Crippen LogP contribution in [0.5, 0.6) is 34.5 Å². The van der Waals surface area contributed by atoms with E-state index in [0.29, 0.717) is 53.1 Å². The van der Waals surface area contributed by atoms with Gasteiger partial charge in [0.05, 0.1) is 45.4 Å². The molecule has 0 spiro atoms. The molecule has 286 valence electrons. The van der Waals surface area contributed by atoms with Gasteiger partial charge in [-0.15, -0.1) is 0 Å². The predicted molar refractivity (Wildman–Crippen MR) is 205 cm³/mol. The number of methoxy groups -OCH3 is 2. The molecule has 13 heteroatoms. The van der Waals surface area contributed by atoms with Crippen molar-refractivity contribution in [1.82, 2.24) is 0 Å². The zero-order chi connectivity index (χ0) is 39.3. The van der Waals surface area contributed by atoms with Gasteiger partial charge in [0.2, 0.25) is 5.75 Å². The predicted octanol–water partition coefficient (Wildman–Crippen LogP) is 7.65. The molecule has 4 rings (SSSR count). The molecule has 4 aromatic carbocycles. The van der Waals surface area contributed by atoms with Gasteiger partial charge in [-0.1, -0.05) is 25.3 Å². The SMILES string of the molecule is C=CC(=O)OCCCCCCOc1ccc(C(=O)Oc2ccc(/C=N/N=C/c3cc(OC)c(OOCc4ccc(OC(=O)C=C)cc4)c(OC)c3)cc2)cc1. The third kappa shape index (κ3) is 14.0. The van der Waals surface area contributed by atoms with Crippen LogP contribution in [0.2, 0.25) is 0 Å². The molecule has 0 aromatic heterocycles. The number of nitrogens with zero attached hydrogens (tertiary/aromatic N) is 2. The van der Waals surface area contributed by atoms with Crippen LogP contribution in [0.1, 0.15) is 52.7 Å². The van der Waals surface area contributed by atoms with Crippen LogP contribution in [0, 0.1) is 0 Å². The first-order valence-corrected chi connectivity index (χ1v) is 17.2. The number of rotatable bonds is 22. The lowest BCUT2D eigenvalue weighted by Gasteiger charge is -2.14. The molecule has 0 radical (unpaired) electrons.